The second kappa shape index (κ2) is 10.6. The lowest BCUT2D eigenvalue weighted by atomic mass is 10.1. The third-order valence-corrected chi connectivity index (χ3v) is 2.92. The number of allylic oxidation sites excluding steroid dienone is 4. The van der Waals surface area contributed by atoms with Crippen LogP contribution in [0.1, 0.15) is 5.56 Å². The third kappa shape index (κ3) is 6.37. The van der Waals surface area contributed by atoms with Crippen molar-refractivity contribution in [1.29, 1.82) is 0 Å². The van der Waals surface area contributed by atoms with E-state index in [1.807, 2.05) is 12.2 Å². The molecular weight excluding hydrogens is 306 g/mol. The van der Waals surface area contributed by atoms with E-state index in [9.17, 15) is 4.79 Å². The van der Waals surface area contributed by atoms with Gasteiger partial charge < -0.3 is 9.47 Å². The largest absolute Gasteiger partial charge is 0.497 e. The highest BCUT2D eigenvalue weighted by molar-refractivity contribution is 5.91. The van der Waals surface area contributed by atoms with Crippen LogP contribution < -0.4 is 15.0 Å². The number of nitrogens with one attached hydrogen (secondary N) is 1. The van der Waals surface area contributed by atoms with Gasteiger partial charge in [-0.1, -0.05) is 43.5 Å². The van der Waals surface area contributed by atoms with Gasteiger partial charge in [0, 0.05) is 17.7 Å². The first-order chi connectivity index (χ1) is 11.6. The maximum atomic E-state index is 11.1. The minimum absolute atomic E-state index is 0.302. The topological polar surface area (TPSA) is 67.8 Å². The van der Waals surface area contributed by atoms with Crippen molar-refractivity contribution in [2.45, 2.75) is 0 Å². The van der Waals surface area contributed by atoms with Crippen LogP contribution in [0.5, 0.6) is 11.5 Å². The van der Waals surface area contributed by atoms with E-state index in [1.54, 1.807) is 43.5 Å². The molecule has 24 heavy (non-hydrogen) atoms. The molecule has 0 aliphatic rings. The number of amides is 1. The summed E-state index contributed by atoms with van der Waals surface area (Å²) >= 11 is 0. The summed E-state index contributed by atoms with van der Waals surface area (Å²) in [6.45, 7) is 7.61. The predicted octanol–water partition coefficient (Wildman–Crippen LogP) is 3.45. The van der Waals surface area contributed by atoms with Gasteiger partial charge >= 0.3 is 0 Å². The van der Waals surface area contributed by atoms with E-state index in [4.69, 9.17) is 14.7 Å². The van der Waals surface area contributed by atoms with Gasteiger partial charge in [-0.05, 0) is 23.8 Å². The molecular formula is C19H21NO4. The molecule has 2 N–H and O–H groups in total. The van der Waals surface area contributed by atoms with E-state index in [0.717, 1.165) is 5.57 Å². The Morgan fingerprint density at radius 2 is 2.08 bits per heavy atom. The Hall–Kier alpha value is -3.05. The fourth-order valence-corrected chi connectivity index (χ4v) is 1.76. The number of hydroxylamine groups is 1. The Balaban J connectivity index is 3.02. The minimum Gasteiger partial charge on any atom is -0.497 e. The number of rotatable bonds is 9. The summed E-state index contributed by atoms with van der Waals surface area (Å²) in [4.78, 5) is 11.1. The Labute approximate surface area is 141 Å². The predicted molar refractivity (Wildman–Crippen MR) is 95.1 cm³/mol. The molecule has 0 bridgehead atoms. The Bertz CT molecular complexity index is 672. The molecule has 0 fully saturated rings. The highest BCUT2D eigenvalue weighted by atomic mass is 16.5. The zero-order chi connectivity index (χ0) is 17.8. The van der Waals surface area contributed by atoms with Crippen LogP contribution >= 0.6 is 0 Å². The lowest BCUT2D eigenvalue weighted by molar-refractivity contribution is -0.124. The molecule has 0 aliphatic carbocycles. The van der Waals surface area contributed by atoms with Crippen molar-refractivity contribution in [3.63, 3.8) is 0 Å². The molecule has 1 aromatic carbocycles. The fraction of sp³-hybridized carbons (Fsp3) is 0.105. The molecule has 1 rings (SSSR count). The smallest absolute Gasteiger partial charge is 0.267 e. The van der Waals surface area contributed by atoms with Gasteiger partial charge in [-0.25, -0.2) is 5.48 Å². The Morgan fingerprint density at radius 3 is 2.71 bits per heavy atom. The minimum atomic E-state index is -0.627. The molecule has 0 unspecified atom stereocenters. The maximum absolute atomic E-state index is 11.1. The zero-order valence-corrected chi connectivity index (χ0v) is 13.6. The lowest BCUT2D eigenvalue weighted by Gasteiger charge is -2.11. The lowest BCUT2D eigenvalue weighted by Crippen LogP contribution is -2.14. The summed E-state index contributed by atoms with van der Waals surface area (Å²) in [6.07, 6.45) is 11.6. The van der Waals surface area contributed by atoms with Gasteiger partial charge in [-0.3, -0.25) is 10.0 Å². The van der Waals surface area contributed by atoms with Gasteiger partial charge in [0.15, 0.2) is 0 Å². The number of benzene rings is 1. The first-order valence-electron chi connectivity index (χ1n) is 7.18. The summed E-state index contributed by atoms with van der Waals surface area (Å²) in [5.74, 6) is 0.542. The van der Waals surface area contributed by atoms with E-state index in [2.05, 4.69) is 13.2 Å². The maximum Gasteiger partial charge on any atom is 0.267 e. The summed E-state index contributed by atoms with van der Waals surface area (Å²) in [7, 11) is 1.56. The molecule has 0 aliphatic heterocycles. The molecule has 0 aromatic heterocycles. The molecule has 0 saturated carbocycles. The van der Waals surface area contributed by atoms with Gasteiger partial charge in [-0.2, -0.15) is 0 Å². The first-order valence-corrected chi connectivity index (χ1v) is 7.18. The van der Waals surface area contributed by atoms with Gasteiger partial charge in [0.1, 0.15) is 18.1 Å². The van der Waals surface area contributed by atoms with E-state index >= 15 is 0 Å². The number of carbonyl (C=O) groups excluding carboxylic acids is 1. The number of hydrogen-bond acceptors (Lipinski definition) is 4. The summed E-state index contributed by atoms with van der Waals surface area (Å²) in [6, 6.07) is 5.23. The van der Waals surface area contributed by atoms with E-state index < -0.39 is 5.91 Å². The Morgan fingerprint density at radius 1 is 1.29 bits per heavy atom. The normalized spacial score (nSPS) is 11.5. The average molecular weight is 327 g/mol. The van der Waals surface area contributed by atoms with Gasteiger partial charge in [0.2, 0.25) is 0 Å². The van der Waals surface area contributed by atoms with Crippen LogP contribution in [0.2, 0.25) is 0 Å². The van der Waals surface area contributed by atoms with Crippen LogP contribution in [-0.4, -0.2) is 24.8 Å². The van der Waals surface area contributed by atoms with Crippen molar-refractivity contribution in [3.05, 3.63) is 78.9 Å². The van der Waals surface area contributed by atoms with Crippen molar-refractivity contribution in [2.75, 3.05) is 13.7 Å². The highest BCUT2D eigenvalue weighted by Crippen LogP contribution is 2.26. The molecule has 5 heteroatoms. The molecule has 5 nitrogen and oxygen atoms in total. The number of carbonyl (C=O) groups is 1. The van der Waals surface area contributed by atoms with Crippen LogP contribution in [0.25, 0.3) is 6.08 Å². The average Bonchev–Trinajstić information content (AvgIpc) is 2.62. The highest BCUT2D eigenvalue weighted by Gasteiger charge is 2.05. The van der Waals surface area contributed by atoms with Gasteiger partial charge in [0.05, 0.1) is 7.11 Å². The van der Waals surface area contributed by atoms with Gasteiger partial charge in [-0.15, -0.1) is 0 Å². The molecule has 1 amide bonds. The molecule has 0 atom stereocenters. The zero-order valence-electron chi connectivity index (χ0n) is 13.6. The molecule has 1 aromatic rings. The molecule has 0 saturated heterocycles. The van der Waals surface area contributed by atoms with Gasteiger partial charge in [0.25, 0.3) is 5.91 Å². The summed E-state index contributed by atoms with van der Waals surface area (Å²) in [5, 5.41) is 8.55. The van der Waals surface area contributed by atoms with Crippen molar-refractivity contribution in [2.24, 2.45) is 0 Å². The van der Waals surface area contributed by atoms with Crippen molar-refractivity contribution >= 4 is 12.0 Å². The van der Waals surface area contributed by atoms with Crippen LogP contribution in [0.4, 0.5) is 0 Å². The van der Waals surface area contributed by atoms with E-state index in [0.29, 0.717) is 23.7 Å². The standard InChI is InChI=1S/C19H21NO4/c1-4-6-8-15(7-5-2)14-24-18-13-17(23-3)11-9-16(18)10-12-19(21)20-22/h4-13,22H,1-2,14H2,3H3,(H,20,21)/b8-6-,12-10+,15-7+. The fourth-order valence-electron chi connectivity index (χ4n) is 1.76. The molecule has 0 radical (unpaired) electrons. The Kier molecular flexibility index (Phi) is 8.42. The second-order valence-corrected chi connectivity index (χ2v) is 4.57. The van der Waals surface area contributed by atoms with Crippen LogP contribution in [-0.2, 0) is 4.79 Å². The van der Waals surface area contributed by atoms with Crippen LogP contribution in [0, 0.1) is 0 Å². The van der Waals surface area contributed by atoms with E-state index in [-0.39, 0.29) is 0 Å². The summed E-state index contributed by atoms with van der Waals surface area (Å²) < 4.78 is 11.0. The number of methoxy groups -OCH3 is 1. The molecule has 126 valence electrons. The number of ether oxygens (including phenoxy) is 2. The summed E-state index contributed by atoms with van der Waals surface area (Å²) in [5.41, 5.74) is 3.11. The van der Waals surface area contributed by atoms with Crippen molar-refractivity contribution < 1.29 is 19.5 Å². The van der Waals surface area contributed by atoms with Crippen molar-refractivity contribution in [3.8, 4) is 11.5 Å². The SMILES string of the molecule is C=C/C=C\C(=C/C=C)COc1cc(OC)ccc1/C=C/C(=O)NO. The molecule has 0 heterocycles. The monoisotopic (exact) mass is 327 g/mol. The van der Waals surface area contributed by atoms with E-state index in [1.165, 1.54) is 17.6 Å². The second-order valence-electron chi connectivity index (χ2n) is 4.57. The van der Waals surface area contributed by atoms with Crippen LogP contribution in [0.15, 0.2) is 73.4 Å². The third-order valence-electron chi connectivity index (χ3n) is 2.92. The quantitative estimate of drug-likeness (QED) is 0.315. The molecule has 0 spiro atoms. The van der Waals surface area contributed by atoms with Crippen LogP contribution in [0.3, 0.4) is 0 Å². The number of hydrogen-bond donors (Lipinski definition) is 2. The first kappa shape index (κ1) is 19.0. The van der Waals surface area contributed by atoms with Crippen molar-refractivity contribution in [1.82, 2.24) is 5.48 Å².